The molecule has 1 amide bonds. The normalized spacial score (nSPS) is 11.5. The first-order valence-corrected chi connectivity index (χ1v) is 6.38. The lowest BCUT2D eigenvalue weighted by Crippen LogP contribution is -2.20. The largest absolute Gasteiger partial charge is 0.409 e. The highest BCUT2D eigenvalue weighted by molar-refractivity contribution is 6.31. The summed E-state index contributed by atoms with van der Waals surface area (Å²) in [6, 6.07) is 5.02. The van der Waals surface area contributed by atoms with E-state index in [0.29, 0.717) is 22.0 Å². The second-order valence-electron chi connectivity index (χ2n) is 4.49. The van der Waals surface area contributed by atoms with Gasteiger partial charge in [-0.3, -0.25) is 9.48 Å². The van der Waals surface area contributed by atoms with Crippen molar-refractivity contribution in [2.75, 3.05) is 5.32 Å². The minimum atomic E-state index is -0.365. The molecule has 0 aliphatic rings. The third kappa shape index (κ3) is 3.14. The third-order valence-electron chi connectivity index (χ3n) is 2.86. The van der Waals surface area contributed by atoms with Gasteiger partial charge in [-0.25, -0.2) is 0 Å². The van der Waals surface area contributed by atoms with Crippen molar-refractivity contribution in [1.29, 1.82) is 0 Å². The number of halogens is 1. The van der Waals surface area contributed by atoms with Gasteiger partial charge in [-0.15, -0.1) is 0 Å². The predicted molar refractivity (Wildman–Crippen MR) is 79.9 cm³/mol. The summed E-state index contributed by atoms with van der Waals surface area (Å²) in [4.78, 5) is 12.3. The van der Waals surface area contributed by atoms with Crippen LogP contribution in [0.2, 0.25) is 5.02 Å². The van der Waals surface area contributed by atoms with E-state index in [4.69, 9.17) is 22.5 Å². The molecule has 0 saturated carbocycles. The number of oxime groups is 1. The van der Waals surface area contributed by atoms with Gasteiger partial charge in [0.2, 0.25) is 0 Å². The van der Waals surface area contributed by atoms with Gasteiger partial charge in [0.15, 0.2) is 5.84 Å². The summed E-state index contributed by atoms with van der Waals surface area (Å²) in [6.07, 6.45) is 1.40. The third-order valence-corrected chi connectivity index (χ3v) is 3.08. The Labute approximate surface area is 126 Å². The number of carbonyl (C=O) groups is 1. The van der Waals surface area contributed by atoms with Crippen LogP contribution in [0.3, 0.4) is 0 Å². The van der Waals surface area contributed by atoms with Crippen LogP contribution in [0, 0.1) is 6.92 Å². The van der Waals surface area contributed by atoms with Crippen molar-refractivity contribution < 1.29 is 10.0 Å². The number of aromatic nitrogens is 2. The molecule has 0 aliphatic carbocycles. The Bertz CT molecular complexity index is 703. The molecule has 0 radical (unpaired) electrons. The zero-order chi connectivity index (χ0) is 15.6. The van der Waals surface area contributed by atoms with E-state index in [2.05, 4.69) is 15.6 Å². The number of rotatable bonds is 3. The molecular formula is C13H14ClN5O2. The van der Waals surface area contributed by atoms with Crippen molar-refractivity contribution in [3.8, 4) is 0 Å². The lowest BCUT2D eigenvalue weighted by Gasteiger charge is -2.09. The van der Waals surface area contributed by atoms with E-state index in [-0.39, 0.29) is 11.7 Å². The number of carbonyl (C=O) groups excluding carboxylic acids is 1. The van der Waals surface area contributed by atoms with Crippen molar-refractivity contribution in [3.05, 3.63) is 46.1 Å². The number of nitrogens with one attached hydrogen (secondary N) is 1. The van der Waals surface area contributed by atoms with E-state index < -0.39 is 0 Å². The molecule has 0 atom stereocenters. The maximum absolute atomic E-state index is 12.3. The van der Waals surface area contributed by atoms with Gasteiger partial charge in [0.1, 0.15) is 5.82 Å². The van der Waals surface area contributed by atoms with Crippen molar-refractivity contribution in [3.63, 3.8) is 0 Å². The summed E-state index contributed by atoms with van der Waals surface area (Å²) in [6.45, 7) is 1.84. The van der Waals surface area contributed by atoms with E-state index in [9.17, 15) is 4.79 Å². The average Bonchev–Trinajstić information content (AvgIpc) is 2.78. The standard InChI is InChI=1S/C13H14ClN5O2/c1-7-3-8(5-9(14)4-7)13(20)17-12-10(11(15)18-21)6-16-19(12)2/h3-6,21H,1-2H3,(H2,15,18)(H,17,20). The Morgan fingerprint density at radius 1 is 1.48 bits per heavy atom. The van der Waals surface area contributed by atoms with Gasteiger partial charge in [0.05, 0.1) is 11.8 Å². The number of aryl methyl sites for hydroxylation is 2. The highest BCUT2D eigenvalue weighted by atomic mass is 35.5. The van der Waals surface area contributed by atoms with Crippen molar-refractivity contribution >= 4 is 29.2 Å². The van der Waals surface area contributed by atoms with E-state index in [1.54, 1.807) is 25.2 Å². The highest BCUT2D eigenvalue weighted by Crippen LogP contribution is 2.18. The van der Waals surface area contributed by atoms with E-state index in [1.165, 1.54) is 10.9 Å². The number of hydrogen-bond donors (Lipinski definition) is 3. The first-order chi connectivity index (χ1) is 9.92. The molecule has 0 unspecified atom stereocenters. The molecule has 2 rings (SSSR count). The topological polar surface area (TPSA) is 106 Å². The monoisotopic (exact) mass is 307 g/mol. The molecule has 0 aliphatic heterocycles. The van der Waals surface area contributed by atoms with Crippen LogP contribution in [0.5, 0.6) is 0 Å². The summed E-state index contributed by atoms with van der Waals surface area (Å²) in [5.74, 6) is -0.176. The van der Waals surface area contributed by atoms with Crippen molar-refractivity contribution in [2.45, 2.75) is 6.92 Å². The average molecular weight is 308 g/mol. The van der Waals surface area contributed by atoms with Gasteiger partial charge in [-0.2, -0.15) is 5.10 Å². The zero-order valence-corrected chi connectivity index (χ0v) is 12.2. The molecule has 0 saturated heterocycles. The predicted octanol–water partition coefficient (Wildman–Crippen LogP) is 1.73. The van der Waals surface area contributed by atoms with Crippen LogP contribution in [-0.4, -0.2) is 26.7 Å². The fraction of sp³-hybridized carbons (Fsp3) is 0.154. The Hall–Kier alpha value is -2.54. The fourth-order valence-electron chi connectivity index (χ4n) is 1.87. The molecule has 0 bridgehead atoms. The van der Waals surface area contributed by atoms with Crippen LogP contribution in [0.15, 0.2) is 29.6 Å². The Kier molecular flexibility index (Phi) is 4.13. The number of hydrogen-bond acceptors (Lipinski definition) is 4. The summed E-state index contributed by atoms with van der Waals surface area (Å²) in [7, 11) is 1.63. The summed E-state index contributed by atoms with van der Waals surface area (Å²) >= 11 is 5.94. The number of nitrogens with two attached hydrogens (primary N) is 1. The lowest BCUT2D eigenvalue weighted by molar-refractivity contribution is 0.102. The van der Waals surface area contributed by atoms with E-state index in [1.807, 2.05) is 6.92 Å². The van der Waals surface area contributed by atoms with Gasteiger partial charge in [-0.1, -0.05) is 16.8 Å². The summed E-state index contributed by atoms with van der Waals surface area (Å²) in [5, 5.41) is 18.8. The van der Waals surface area contributed by atoms with E-state index >= 15 is 0 Å². The molecule has 2 aromatic rings. The molecule has 110 valence electrons. The molecule has 0 spiro atoms. The molecular weight excluding hydrogens is 294 g/mol. The maximum atomic E-state index is 12.3. The molecule has 1 aromatic carbocycles. The van der Waals surface area contributed by atoms with Gasteiger partial charge in [0.25, 0.3) is 5.91 Å². The molecule has 1 aromatic heterocycles. The molecule has 7 nitrogen and oxygen atoms in total. The molecule has 0 fully saturated rings. The molecule has 8 heteroatoms. The van der Waals surface area contributed by atoms with Gasteiger partial charge >= 0.3 is 0 Å². The summed E-state index contributed by atoms with van der Waals surface area (Å²) < 4.78 is 1.42. The number of amides is 1. The van der Waals surface area contributed by atoms with Crippen molar-refractivity contribution in [2.24, 2.45) is 17.9 Å². The summed E-state index contributed by atoms with van der Waals surface area (Å²) in [5.41, 5.74) is 7.15. The molecule has 1 heterocycles. The number of nitrogens with zero attached hydrogens (tertiary/aromatic N) is 3. The van der Waals surface area contributed by atoms with Gasteiger partial charge in [-0.05, 0) is 30.7 Å². The minimum Gasteiger partial charge on any atom is -0.409 e. The van der Waals surface area contributed by atoms with Crippen LogP contribution >= 0.6 is 11.6 Å². The van der Waals surface area contributed by atoms with E-state index in [0.717, 1.165) is 5.56 Å². The minimum absolute atomic E-state index is 0.138. The number of anilines is 1. The van der Waals surface area contributed by atoms with Crippen LogP contribution in [0.25, 0.3) is 0 Å². The van der Waals surface area contributed by atoms with Gasteiger partial charge < -0.3 is 16.3 Å². The Balaban J connectivity index is 2.34. The number of amidine groups is 1. The van der Waals surface area contributed by atoms with Crippen LogP contribution in [-0.2, 0) is 7.05 Å². The Morgan fingerprint density at radius 3 is 2.81 bits per heavy atom. The molecule has 21 heavy (non-hydrogen) atoms. The Morgan fingerprint density at radius 2 is 2.19 bits per heavy atom. The highest BCUT2D eigenvalue weighted by Gasteiger charge is 2.16. The van der Waals surface area contributed by atoms with Gasteiger partial charge in [0, 0.05) is 17.6 Å². The smallest absolute Gasteiger partial charge is 0.256 e. The lowest BCUT2D eigenvalue weighted by atomic mass is 10.1. The van der Waals surface area contributed by atoms with Crippen molar-refractivity contribution in [1.82, 2.24) is 9.78 Å². The first-order valence-electron chi connectivity index (χ1n) is 6.01. The first kappa shape index (κ1) is 14.9. The fourth-order valence-corrected chi connectivity index (χ4v) is 2.16. The maximum Gasteiger partial charge on any atom is 0.256 e. The second kappa shape index (κ2) is 5.84. The van der Waals surface area contributed by atoms with Crippen LogP contribution in [0.1, 0.15) is 21.5 Å². The quantitative estimate of drug-likeness (QED) is 0.347. The van der Waals surface area contributed by atoms with Crippen LogP contribution in [0.4, 0.5) is 5.82 Å². The van der Waals surface area contributed by atoms with Crippen LogP contribution < -0.4 is 11.1 Å². The second-order valence-corrected chi connectivity index (χ2v) is 4.92. The molecule has 4 N–H and O–H groups in total. The zero-order valence-electron chi connectivity index (χ0n) is 11.5. The number of benzene rings is 1. The SMILES string of the molecule is Cc1cc(Cl)cc(C(=O)Nc2c(/C(N)=N/O)cnn2C)c1.